The highest BCUT2D eigenvalue weighted by Gasteiger charge is 2.24. The Balaban J connectivity index is 1.37. The van der Waals surface area contributed by atoms with E-state index in [1.54, 1.807) is 0 Å². The first-order valence-electron chi connectivity index (χ1n) is 8.81. The van der Waals surface area contributed by atoms with Crippen LogP contribution in [0.5, 0.6) is 0 Å². The van der Waals surface area contributed by atoms with Crippen LogP contribution in [0.1, 0.15) is 16.1 Å². The van der Waals surface area contributed by atoms with Gasteiger partial charge < -0.3 is 4.90 Å². The zero-order valence-electron chi connectivity index (χ0n) is 14.7. The molecule has 1 fully saturated rings. The second-order valence-electron chi connectivity index (χ2n) is 6.47. The lowest BCUT2D eigenvalue weighted by Gasteiger charge is -2.34. The zero-order valence-corrected chi connectivity index (χ0v) is 16.3. The molecule has 1 saturated heterocycles. The number of hydrogen-bond donors (Lipinski definition) is 0. The monoisotopic (exact) mass is 398 g/mol. The van der Waals surface area contributed by atoms with Gasteiger partial charge in [0.15, 0.2) is 0 Å². The van der Waals surface area contributed by atoms with E-state index in [-0.39, 0.29) is 5.91 Å². The molecule has 0 aliphatic carbocycles. The molecule has 0 radical (unpaired) electrons. The summed E-state index contributed by atoms with van der Waals surface area (Å²) in [4.78, 5) is 25.6. The zero-order chi connectivity index (χ0) is 18.6. The van der Waals surface area contributed by atoms with Gasteiger partial charge in [0.1, 0.15) is 10.7 Å². The van der Waals surface area contributed by atoms with Gasteiger partial charge in [0.2, 0.25) is 0 Å². The first-order valence-corrected chi connectivity index (χ1v) is 10.1. The van der Waals surface area contributed by atoms with E-state index in [4.69, 9.17) is 11.6 Å². The molecule has 0 saturated carbocycles. The van der Waals surface area contributed by atoms with Gasteiger partial charge in [-0.1, -0.05) is 23.7 Å². The number of carbonyl (C=O) groups is 1. The Kier molecular flexibility index (Phi) is 5.48. The molecule has 2 aromatic heterocycles. The minimum Gasteiger partial charge on any atom is -0.335 e. The number of nitrogens with zero attached hydrogens (tertiary/aromatic N) is 4. The maximum atomic E-state index is 12.8. The molecule has 0 bridgehead atoms. The minimum absolute atomic E-state index is 0.00286. The third-order valence-corrected chi connectivity index (χ3v) is 5.74. The highest BCUT2D eigenvalue weighted by Crippen LogP contribution is 2.26. The number of amides is 1. The van der Waals surface area contributed by atoms with Crippen LogP contribution in [0.3, 0.4) is 0 Å². The van der Waals surface area contributed by atoms with Crippen molar-refractivity contribution in [3.05, 3.63) is 70.5 Å². The Morgan fingerprint density at radius 1 is 1.11 bits per heavy atom. The molecule has 27 heavy (non-hydrogen) atoms. The normalized spacial score (nSPS) is 15.1. The number of thiazole rings is 1. The molecular formula is C20H19ClN4OS. The van der Waals surface area contributed by atoms with Crippen LogP contribution in [0.15, 0.2) is 54.2 Å². The van der Waals surface area contributed by atoms with Crippen LogP contribution < -0.4 is 0 Å². The van der Waals surface area contributed by atoms with Gasteiger partial charge in [-0.15, -0.1) is 11.3 Å². The summed E-state index contributed by atoms with van der Waals surface area (Å²) in [5.41, 5.74) is 2.70. The van der Waals surface area contributed by atoms with Crippen molar-refractivity contribution >= 4 is 28.8 Å². The van der Waals surface area contributed by atoms with E-state index < -0.39 is 0 Å². The quantitative estimate of drug-likeness (QED) is 0.670. The molecule has 7 heteroatoms. The highest BCUT2D eigenvalue weighted by molar-refractivity contribution is 7.13. The second kappa shape index (κ2) is 8.17. The number of hydrogen-bond acceptors (Lipinski definition) is 5. The van der Waals surface area contributed by atoms with E-state index in [0.29, 0.717) is 23.8 Å². The van der Waals surface area contributed by atoms with Gasteiger partial charge >= 0.3 is 0 Å². The van der Waals surface area contributed by atoms with Gasteiger partial charge in [-0.3, -0.25) is 14.7 Å². The molecule has 1 aromatic carbocycles. The van der Waals surface area contributed by atoms with E-state index in [2.05, 4.69) is 14.9 Å². The van der Waals surface area contributed by atoms with Crippen LogP contribution in [0.4, 0.5) is 0 Å². The van der Waals surface area contributed by atoms with Crippen molar-refractivity contribution in [2.75, 3.05) is 26.2 Å². The SMILES string of the molecule is O=C(c1csc(-c2cccc(Cl)c2)n1)N1CCN(Cc2ccncc2)CC1. The van der Waals surface area contributed by atoms with Gasteiger partial charge in [0, 0.05) is 61.1 Å². The lowest BCUT2D eigenvalue weighted by atomic mass is 10.2. The van der Waals surface area contributed by atoms with Crippen LogP contribution in [0, 0.1) is 0 Å². The van der Waals surface area contributed by atoms with Crippen LogP contribution >= 0.6 is 22.9 Å². The van der Waals surface area contributed by atoms with Gasteiger partial charge in [0.25, 0.3) is 5.91 Å². The second-order valence-corrected chi connectivity index (χ2v) is 7.77. The molecule has 138 valence electrons. The summed E-state index contributed by atoms with van der Waals surface area (Å²) in [5.74, 6) is 0.00286. The number of rotatable bonds is 4. The highest BCUT2D eigenvalue weighted by atomic mass is 35.5. The van der Waals surface area contributed by atoms with Crippen molar-refractivity contribution < 1.29 is 4.79 Å². The average Bonchev–Trinajstić information content (AvgIpc) is 3.19. The van der Waals surface area contributed by atoms with Crippen LogP contribution in [-0.4, -0.2) is 51.9 Å². The minimum atomic E-state index is 0.00286. The van der Waals surface area contributed by atoms with Crippen LogP contribution in [0.2, 0.25) is 5.02 Å². The maximum absolute atomic E-state index is 12.8. The summed E-state index contributed by atoms with van der Waals surface area (Å²) in [6.45, 7) is 4.04. The number of carbonyl (C=O) groups excluding carboxylic acids is 1. The molecule has 1 amide bonds. The van der Waals surface area contributed by atoms with Crippen molar-refractivity contribution in [1.82, 2.24) is 19.8 Å². The number of pyridine rings is 1. The molecular weight excluding hydrogens is 380 g/mol. The Morgan fingerprint density at radius 2 is 1.89 bits per heavy atom. The number of piperazine rings is 1. The molecule has 4 rings (SSSR count). The number of aromatic nitrogens is 2. The Hall–Kier alpha value is -2.28. The average molecular weight is 399 g/mol. The molecule has 1 aliphatic heterocycles. The van der Waals surface area contributed by atoms with Gasteiger partial charge in [-0.05, 0) is 29.8 Å². The molecule has 0 spiro atoms. The summed E-state index contributed by atoms with van der Waals surface area (Å²) >= 11 is 7.52. The Morgan fingerprint density at radius 3 is 2.63 bits per heavy atom. The summed E-state index contributed by atoms with van der Waals surface area (Å²) in [7, 11) is 0. The fraction of sp³-hybridized carbons (Fsp3) is 0.250. The summed E-state index contributed by atoms with van der Waals surface area (Å²) in [6, 6.07) is 11.6. The van der Waals surface area contributed by atoms with Crippen molar-refractivity contribution in [2.45, 2.75) is 6.54 Å². The first-order chi connectivity index (χ1) is 13.2. The summed E-state index contributed by atoms with van der Waals surface area (Å²) in [5, 5.41) is 3.32. The van der Waals surface area contributed by atoms with E-state index in [0.717, 1.165) is 30.2 Å². The van der Waals surface area contributed by atoms with Crippen molar-refractivity contribution in [2.24, 2.45) is 0 Å². The number of halogens is 1. The topological polar surface area (TPSA) is 49.3 Å². The van der Waals surface area contributed by atoms with E-state index in [9.17, 15) is 4.79 Å². The summed E-state index contributed by atoms with van der Waals surface area (Å²) < 4.78 is 0. The predicted molar refractivity (Wildman–Crippen MR) is 108 cm³/mol. The third-order valence-electron chi connectivity index (χ3n) is 4.61. The standard InChI is InChI=1S/C20H19ClN4OS/c21-17-3-1-2-16(12-17)19-23-18(14-27-19)20(26)25-10-8-24(9-11-25)13-15-4-6-22-7-5-15/h1-7,12,14H,8-11,13H2. The van der Waals surface area contributed by atoms with Crippen LogP contribution in [0.25, 0.3) is 10.6 Å². The van der Waals surface area contributed by atoms with E-state index in [1.165, 1.54) is 16.9 Å². The largest absolute Gasteiger partial charge is 0.335 e. The molecule has 1 aliphatic rings. The van der Waals surface area contributed by atoms with Crippen LogP contribution in [-0.2, 0) is 6.54 Å². The lowest BCUT2D eigenvalue weighted by Crippen LogP contribution is -2.48. The molecule has 5 nitrogen and oxygen atoms in total. The Labute approximate surface area is 167 Å². The molecule has 3 aromatic rings. The van der Waals surface area contributed by atoms with Crippen molar-refractivity contribution in [3.63, 3.8) is 0 Å². The van der Waals surface area contributed by atoms with Crippen molar-refractivity contribution in [3.8, 4) is 10.6 Å². The van der Waals surface area contributed by atoms with Gasteiger partial charge in [-0.25, -0.2) is 4.98 Å². The predicted octanol–water partition coefficient (Wildman–Crippen LogP) is 3.82. The summed E-state index contributed by atoms with van der Waals surface area (Å²) in [6.07, 6.45) is 3.63. The maximum Gasteiger partial charge on any atom is 0.273 e. The molecule has 3 heterocycles. The lowest BCUT2D eigenvalue weighted by molar-refractivity contribution is 0.0623. The Bertz CT molecular complexity index is 922. The fourth-order valence-corrected chi connectivity index (χ4v) is 4.12. The van der Waals surface area contributed by atoms with Crippen molar-refractivity contribution in [1.29, 1.82) is 0 Å². The molecule has 0 unspecified atom stereocenters. The van der Waals surface area contributed by atoms with Gasteiger partial charge in [0.05, 0.1) is 0 Å². The fourth-order valence-electron chi connectivity index (χ4n) is 3.14. The third kappa shape index (κ3) is 4.35. The van der Waals surface area contributed by atoms with E-state index in [1.807, 2.05) is 59.1 Å². The van der Waals surface area contributed by atoms with E-state index >= 15 is 0 Å². The molecule has 0 atom stereocenters. The number of benzene rings is 1. The van der Waals surface area contributed by atoms with Gasteiger partial charge in [-0.2, -0.15) is 0 Å². The smallest absolute Gasteiger partial charge is 0.273 e. The first kappa shape index (κ1) is 18.1. The molecule has 0 N–H and O–H groups in total.